The summed E-state index contributed by atoms with van der Waals surface area (Å²) in [4.78, 5) is 12.4. The van der Waals surface area contributed by atoms with E-state index in [-0.39, 0.29) is 11.9 Å². The number of benzene rings is 2. The number of hydrogen-bond acceptors (Lipinski definition) is 4. The molecule has 3 rings (SSSR count). The number of hydrogen-bond donors (Lipinski definition) is 1. The highest BCUT2D eigenvalue weighted by atomic mass is 16.5. The Bertz CT molecular complexity index is 1040. The van der Waals surface area contributed by atoms with E-state index < -0.39 is 0 Å². The van der Waals surface area contributed by atoms with Gasteiger partial charge in [-0.2, -0.15) is 5.10 Å². The lowest BCUT2D eigenvalue weighted by atomic mass is 10.1. The highest BCUT2D eigenvalue weighted by Gasteiger charge is 2.14. The van der Waals surface area contributed by atoms with E-state index in [4.69, 9.17) is 14.6 Å². The van der Waals surface area contributed by atoms with Crippen LogP contribution in [0.4, 0.5) is 0 Å². The molecule has 0 aliphatic rings. The normalized spacial score (nSPS) is 11.1. The SMILES string of the molecule is CCC(CC)NC(=O)/C=C/c1cn(-c2ccccc2)nc1-c1ccc(OC)c(OC)c1. The van der Waals surface area contributed by atoms with Crippen molar-refractivity contribution >= 4 is 12.0 Å². The first-order valence-electron chi connectivity index (χ1n) is 10.5. The topological polar surface area (TPSA) is 65.4 Å². The molecule has 31 heavy (non-hydrogen) atoms. The second-order valence-electron chi connectivity index (χ2n) is 7.14. The smallest absolute Gasteiger partial charge is 0.244 e. The Hall–Kier alpha value is -3.54. The highest BCUT2D eigenvalue weighted by Crippen LogP contribution is 2.33. The Kier molecular flexibility index (Phi) is 7.49. The Balaban J connectivity index is 2.00. The zero-order chi connectivity index (χ0) is 22.2. The van der Waals surface area contributed by atoms with E-state index in [9.17, 15) is 4.79 Å². The molecule has 162 valence electrons. The number of ether oxygens (including phenoxy) is 2. The molecular formula is C25H29N3O3. The molecule has 6 heteroatoms. The van der Waals surface area contributed by atoms with E-state index in [1.54, 1.807) is 26.4 Å². The summed E-state index contributed by atoms with van der Waals surface area (Å²) in [5.41, 5.74) is 3.38. The van der Waals surface area contributed by atoms with Crippen LogP contribution in [0.5, 0.6) is 11.5 Å². The molecule has 0 aliphatic carbocycles. The summed E-state index contributed by atoms with van der Waals surface area (Å²) >= 11 is 0. The van der Waals surface area contributed by atoms with Crippen molar-refractivity contribution in [3.8, 4) is 28.4 Å². The third-order valence-corrected chi connectivity index (χ3v) is 5.17. The van der Waals surface area contributed by atoms with Gasteiger partial charge in [-0.3, -0.25) is 4.79 Å². The molecule has 0 radical (unpaired) electrons. The van der Waals surface area contributed by atoms with E-state index >= 15 is 0 Å². The molecule has 0 fully saturated rings. The molecule has 6 nitrogen and oxygen atoms in total. The van der Waals surface area contributed by atoms with Crippen LogP contribution in [0.15, 0.2) is 60.8 Å². The van der Waals surface area contributed by atoms with Gasteiger partial charge in [-0.05, 0) is 49.2 Å². The Labute approximate surface area is 183 Å². The van der Waals surface area contributed by atoms with Gasteiger partial charge in [0, 0.05) is 29.4 Å². The lowest BCUT2D eigenvalue weighted by Gasteiger charge is -2.12. The summed E-state index contributed by atoms with van der Waals surface area (Å²) in [6, 6.07) is 15.7. The van der Waals surface area contributed by atoms with Crippen LogP contribution in [0, 0.1) is 0 Å². The molecule has 0 saturated carbocycles. The van der Waals surface area contributed by atoms with Gasteiger partial charge in [0.2, 0.25) is 5.91 Å². The minimum Gasteiger partial charge on any atom is -0.493 e. The summed E-state index contributed by atoms with van der Waals surface area (Å²) in [7, 11) is 3.21. The van der Waals surface area contributed by atoms with Gasteiger partial charge in [0.15, 0.2) is 11.5 Å². The van der Waals surface area contributed by atoms with E-state index in [1.165, 1.54) is 0 Å². The molecule has 0 spiro atoms. The van der Waals surface area contributed by atoms with Crippen LogP contribution in [0.1, 0.15) is 32.3 Å². The molecule has 0 aliphatic heterocycles. The van der Waals surface area contributed by atoms with Crippen molar-refractivity contribution in [2.24, 2.45) is 0 Å². The lowest BCUT2D eigenvalue weighted by molar-refractivity contribution is -0.117. The van der Waals surface area contributed by atoms with Crippen molar-refractivity contribution in [3.05, 3.63) is 66.4 Å². The number of rotatable bonds is 9. The average Bonchev–Trinajstić information content (AvgIpc) is 3.25. The van der Waals surface area contributed by atoms with E-state index in [2.05, 4.69) is 19.2 Å². The van der Waals surface area contributed by atoms with Crippen molar-refractivity contribution in [1.29, 1.82) is 0 Å². The zero-order valence-electron chi connectivity index (χ0n) is 18.5. The number of amides is 1. The van der Waals surface area contributed by atoms with Crippen molar-refractivity contribution in [2.75, 3.05) is 14.2 Å². The molecule has 1 amide bonds. The van der Waals surface area contributed by atoms with Crippen molar-refractivity contribution in [1.82, 2.24) is 15.1 Å². The number of methoxy groups -OCH3 is 2. The predicted molar refractivity (Wildman–Crippen MR) is 124 cm³/mol. The fraction of sp³-hybridized carbons (Fsp3) is 0.280. The number of carbonyl (C=O) groups excluding carboxylic acids is 1. The quantitative estimate of drug-likeness (QED) is 0.502. The van der Waals surface area contributed by atoms with Crippen LogP contribution < -0.4 is 14.8 Å². The summed E-state index contributed by atoms with van der Waals surface area (Å²) < 4.78 is 12.6. The second-order valence-corrected chi connectivity index (χ2v) is 7.14. The van der Waals surface area contributed by atoms with Gasteiger partial charge >= 0.3 is 0 Å². The molecule has 1 heterocycles. The maximum absolute atomic E-state index is 12.4. The molecule has 0 atom stereocenters. The minimum atomic E-state index is -0.112. The number of nitrogens with one attached hydrogen (secondary N) is 1. The first-order chi connectivity index (χ1) is 15.1. The van der Waals surface area contributed by atoms with Crippen LogP contribution in [-0.4, -0.2) is 35.9 Å². The zero-order valence-corrected chi connectivity index (χ0v) is 18.5. The van der Waals surface area contributed by atoms with Gasteiger partial charge in [0.05, 0.1) is 19.9 Å². The first-order valence-corrected chi connectivity index (χ1v) is 10.5. The molecule has 2 aromatic carbocycles. The fourth-order valence-electron chi connectivity index (χ4n) is 3.34. The largest absolute Gasteiger partial charge is 0.493 e. The number of carbonyl (C=O) groups is 1. The maximum atomic E-state index is 12.4. The summed E-state index contributed by atoms with van der Waals surface area (Å²) in [6.45, 7) is 4.13. The van der Waals surface area contributed by atoms with Gasteiger partial charge in [-0.25, -0.2) is 4.68 Å². The van der Waals surface area contributed by atoms with Crippen molar-refractivity contribution in [3.63, 3.8) is 0 Å². The molecule has 3 aromatic rings. The second kappa shape index (κ2) is 10.5. The van der Waals surface area contributed by atoms with E-state index in [0.29, 0.717) is 11.5 Å². The van der Waals surface area contributed by atoms with Crippen LogP contribution in [-0.2, 0) is 4.79 Å². The summed E-state index contributed by atoms with van der Waals surface area (Å²) in [5.74, 6) is 1.16. The van der Waals surface area contributed by atoms with Crippen LogP contribution in [0.2, 0.25) is 0 Å². The molecule has 1 aromatic heterocycles. The van der Waals surface area contributed by atoms with Crippen molar-refractivity contribution < 1.29 is 14.3 Å². The van der Waals surface area contributed by atoms with Crippen LogP contribution >= 0.6 is 0 Å². The Morgan fingerprint density at radius 1 is 1.06 bits per heavy atom. The molecule has 0 unspecified atom stereocenters. The van der Waals surface area contributed by atoms with E-state index in [0.717, 1.165) is 35.3 Å². The number of nitrogens with zero attached hydrogens (tertiary/aromatic N) is 2. The third-order valence-electron chi connectivity index (χ3n) is 5.17. The van der Waals surface area contributed by atoms with Gasteiger partial charge in [-0.1, -0.05) is 32.0 Å². The van der Waals surface area contributed by atoms with Gasteiger partial charge < -0.3 is 14.8 Å². The van der Waals surface area contributed by atoms with Crippen molar-refractivity contribution in [2.45, 2.75) is 32.7 Å². The monoisotopic (exact) mass is 419 g/mol. The van der Waals surface area contributed by atoms with E-state index in [1.807, 2.05) is 59.4 Å². The first kappa shape index (κ1) is 22.2. The van der Waals surface area contributed by atoms with Gasteiger partial charge in [0.1, 0.15) is 5.69 Å². The third kappa shape index (κ3) is 5.34. The van der Waals surface area contributed by atoms with Crippen LogP contribution in [0.3, 0.4) is 0 Å². The van der Waals surface area contributed by atoms with Gasteiger partial charge in [0.25, 0.3) is 0 Å². The highest BCUT2D eigenvalue weighted by molar-refractivity contribution is 5.93. The molecule has 0 saturated heterocycles. The maximum Gasteiger partial charge on any atom is 0.244 e. The Morgan fingerprint density at radius 3 is 2.42 bits per heavy atom. The van der Waals surface area contributed by atoms with Gasteiger partial charge in [-0.15, -0.1) is 0 Å². The summed E-state index contributed by atoms with van der Waals surface area (Å²) in [5, 5.41) is 7.82. The number of aromatic nitrogens is 2. The standard InChI is InChI=1S/C25H29N3O3/c1-5-20(6-2)26-24(29)15-13-19-17-28(21-10-8-7-9-11-21)27-25(19)18-12-14-22(30-3)23(16-18)31-4/h7-17,20H,5-6H2,1-4H3,(H,26,29)/b15-13+. The molecular weight excluding hydrogens is 390 g/mol. The molecule has 1 N–H and O–H groups in total. The average molecular weight is 420 g/mol. The predicted octanol–water partition coefficient (Wildman–Crippen LogP) is 4.87. The Morgan fingerprint density at radius 2 is 1.77 bits per heavy atom. The fourth-order valence-corrected chi connectivity index (χ4v) is 3.34. The summed E-state index contributed by atoms with van der Waals surface area (Å²) in [6.07, 6.45) is 7.09. The minimum absolute atomic E-state index is 0.112. The molecule has 0 bridgehead atoms. The van der Waals surface area contributed by atoms with Crippen LogP contribution in [0.25, 0.3) is 23.0 Å². The lowest BCUT2D eigenvalue weighted by Crippen LogP contribution is -2.32. The number of para-hydroxylation sites is 1.